The monoisotopic (exact) mass is 457 g/mol. The molecule has 1 atom stereocenters. The molecule has 5 heteroatoms. The first kappa shape index (κ1) is 24.0. The molecule has 1 aliphatic heterocycles. The lowest BCUT2D eigenvalue weighted by Gasteiger charge is -2.40. The number of rotatable bonds is 8. The number of amides is 1. The van der Waals surface area contributed by atoms with Crippen molar-refractivity contribution < 1.29 is 9.53 Å². The largest absolute Gasteiger partial charge is 0.497 e. The molecule has 0 aliphatic carbocycles. The molecule has 0 unspecified atom stereocenters. The highest BCUT2D eigenvalue weighted by Gasteiger charge is 2.32. The van der Waals surface area contributed by atoms with Crippen LogP contribution in [0.4, 0.5) is 0 Å². The van der Waals surface area contributed by atoms with Gasteiger partial charge in [0.1, 0.15) is 11.4 Å². The molecule has 4 rings (SSSR count). The Kier molecular flexibility index (Phi) is 7.96. The normalized spacial score (nSPS) is 15.6. The third kappa shape index (κ3) is 6.03. The number of hydrogen-bond donors (Lipinski definition) is 0. The van der Waals surface area contributed by atoms with E-state index in [1.165, 1.54) is 16.7 Å². The Labute approximate surface area is 203 Å². The molecule has 1 amide bonds. The van der Waals surface area contributed by atoms with Crippen molar-refractivity contribution in [1.82, 2.24) is 14.8 Å². The van der Waals surface area contributed by atoms with E-state index in [1.807, 2.05) is 36.2 Å². The van der Waals surface area contributed by atoms with Crippen LogP contribution in [-0.4, -0.2) is 54.0 Å². The first-order valence-electron chi connectivity index (χ1n) is 12.1. The predicted molar refractivity (Wildman–Crippen MR) is 136 cm³/mol. The summed E-state index contributed by atoms with van der Waals surface area (Å²) in [6.07, 6.45) is 4.62. The van der Waals surface area contributed by atoms with Gasteiger partial charge >= 0.3 is 0 Å². The number of pyridine rings is 1. The third-order valence-corrected chi connectivity index (χ3v) is 6.98. The van der Waals surface area contributed by atoms with Crippen molar-refractivity contribution in [3.05, 3.63) is 95.3 Å². The molecule has 0 spiro atoms. The summed E-state index contributed by atoms with van der Waals surface area (Å²) in [6, 6.07) is 22.6. The fourth-order valence-corrected chi connectivity index (χ4v) is 4.93. The Balaban J connectivity index is 1.48. The van der Waals surface area contributed by atoms with Crippen LogP contribution < -0.4 is 4.74 Å². The molecule has 0 radical (unpaired) electrons. The van der Waals surface area contributed by atoms with Gasteiger partial charge in [0.05, 0.1) is 7.11 Å². The van der Waals surface area contributed by atoms with Crippen LogP contribution in [0.3, 0.4) is 0 Å². The highest BCUT2D eigenvalue weighted by molar-refractivity contribution is 5.92. The molecule has 1 fully saturated rings. The van der Waals surface area contributed by atoms with Gasteiger partial charge in [0, 0.05) is 25.8 Å². The Morgan fingerprint density at radius 3 is 2.50 bits per heavy atom. The summed E-state index contributed by atoms with van der Waals surface area (Å²) in [7, 11) is 3.62. The molecular weight excluding hydrogens is 422 g/mol. The number of methoxy groups -OCH3 is 1. The molecule has 3 aromatic rings. The zero-order valence-electron chi connectivity index (χ0n) is 20.5. The van der Waals surface area contributed by atoms with Crippen LogP contribution in [0.5, 0.6) is 5.75 Å². The van der Waals surface area contributed by atoms with E-state index in [-0.39, 0.29) is 11.9 Å². The van der Waals surface area contributed by atoms with Crippen molar-refractivity contribution in [3.63, 3.8) is 0 Å². The third-order valence-electron chi connectivity index (χ3n) is 6.98. The molecule has 0 N–H and O–H groups in total. The Morgan fingerprint density at radius 2 is 1.82 bits per heavy atom. The molecule has 1 aliphatic rings. The van der Waals surface area contributed by atoms with Gasteiger partial charge in [-0.25, -0.2) is 0 Å². The quantitative estimate of drug-likeness (QED) is 0.478. The lowest BCUT2D eigenvalue weighted by molar-refractivity contribution is 0.0579. The summed E-state index contributed by atoms with van der Waals surface area (Å²) in [5, 5.41) is 0. The van der Waals surface area contributed by atoms with Gasteiger partial charge in [-0.1, -0.05) is 48.0 Å². The maximum Gasteiger partial charge on any atom is 0.272 e. The summed E-state index contributed by atoms with van der Waals surface area (Å²) in [4.78, 5) is 22.1. The summed E-state index contributed by atoms with van der Waals surface area (Å²) in [5.41, 5.74) is 4.34. The number of carbonyl (C=O) groups is 1. The SMILES string of the molecule is COc1cccc(C[C@H](C2CCN(Cc3ccc(C)cc3)CC2)N(C)C(=O)c2ccccn2)c1. The molecule has 1 saturated heterocycles. The van der Waals surface area contributed by atoms with Crippen molar-refractivity contribution >= 4 is 5.91 Å². The van der Waals surface area contributed by atoms with E-state index < -0.39 is 0 Å². The van der Waals surface area contributed by atoms with Crippen LogP contribution in [0.1, 0.15) is 40.0 Å². The number of hydrogen-bond acceptors (Lipinski definition) is 4. The van der Waals surface area contributed by atoms with E-state index in [9.17, 15) is 4.79 Å². The van der Waals surface area contributed by atoms with E-state index in [1.54, 1.807) is 19.4 Å². The van der Waals surface area contributed by atoms with Gasteiger partial charge in [-0.15, -0.1) is 0 Å². The van der Waals surface area contributed by atoms with Crippen molar-refractivity contribution in [1.29, 1.82) is 0 Å². The molecule has 34 heavy (non-hydrogen) atoms. The average molecular weight is 458 g/mol. The van der Waals surface area contributed by atoms with Gasteiger partial charge in [0.2, 0.25) is 0 Å². The van der Waals surface area contributed by atoms with Crippen LogP contribution in [0.15, 0.2) is 72.9 Å². The fraction of sp³-hybridized carbons (Fsp3) is 0.379. The number of aryl methyl sites for hydroxylation is 1. The zero-order valence-corrected chi connectivity index (χ0v) is 20.5. The molecule has 0 saturated carbocycles. The smallest absolute Gasteiger partial charge is 0.272 e. The summed E-state index contributed by atoms with van der Waals surface area (Å²) in [5.74, 6) is 1.26. The van der Waals surface area contributed by atoms with Crippen molar-refractivity contribution in [3.8, 4) is 5.75 Å². The number of benzene rings is 2. The Hall–Kier alpha value is -3.18. The minimum absolute atomic E-state index is 0.0180. The topological polar surface area (TPSA) is 45.7 Å². The number of carbonyl (C=O) groups excluding carboxylic acids is 1. The highest BCUT2D eigenvalue weighted by Crippen LogP contribution is 2.28. The van der Waals surface area contributed by atoms with Gasteiger partial charge in [0.25, 0.3) is 5.91 Å². The van der Waals surface area contributed by atoms with Crippen molar-refractivity contribution in [2.24, 2.45) is 5.92 Å². The first-order valence-corrected chi connectivity index (χ1v) is 12.1. The summed E-state index contributed by atoms with van der Waals surface area (Å²) < 4.78 is 5.44. The van der Waals surface area contributed by atoms with Crippen LogP contribution in [0, 0.1) is 12.8 Å². The lowest BCUT2D eigenvalue weighted by atomic mass is 9.84. The number of nitrogens with zero attached hydrogens (tertiary/aromatic N) is 3. The van der Waals surface area contributed by atoms with Crippen molar-refractivity contribution in [2.45, 2.75) is 38.8 Å². The molecule has 2 heterocycles. The number of ether oxygens (including phenoxy) is 1. The van der Waals surface area contributed by atoms with E-state index in [0.29, 0.717) is 11.6 Å². The molecule has 2 aromatic carbocycles. The van der Waals surface area contributed by atoms with Gasteiger partial charge in [-0.3, -0.25) is 14.7 Å². The zero-order chi connectivity index (χ0) is 23.9. The van der Waals surface area contributed by atoms with E-state index in [4.69, 9.17) is 4.74 Å². The van der Waals surface area contributed by atoms with Crippen molar-refractivity contribution in [2.75, 3.05) is 27.2 Å². The Bertz CT molecular complexity index is 1060. The molecular formula is C29H35N3O2. The second-order valence-corrected chi connectivity index (χ2v) is 9.35. The molecule has 1 aromatic heterocycles. The van der Waals surface area contributed by atoms with Crippen LogP contribution in [0.2, 0.25) is 0 Å². The first-order chi connectivity index (χ1) is 16.5. The van der Waals surface area contributed by atoms with Gasteiger partial charge in [0.15, 0.2) is 0 Å². The van der Waals surface area contributed by atoms with Gasteiger partial charge in [-0.05, 0) is 80.6 Å². The van der Waals surface area contributed by atoms with Crippen LogP contribution in [0.25, 0.3) is 0 Å². The lowest BCUT2D eigenvalue weighted by Crippen LogP contribution is -2.47. The Morgan fingerprint density at radius 1 is 1.06 bits per heavy atom. The molecule has 178 valence electrons. The number of aromatic nitrogens is 1. The van der Waals surface area contributed by atoms with Crippen LogP contribution in [-0.2, 0) is 13.0 Å². The summed E-state index contributed by atoms with van der Waals surface area (Å²) in [6.45, 7) is 5.19. The summed E-state index contributed by atoms with van der Waals surface area (Å²) >= 11 is 0. The molecule has 0 bridgehead atoms. The van der Waals surface area contributed by atoms with E-state index in [0.717, 1.165) is 44.6 Å². The minimum Gasteiger partial charge on any atom is -0.497 e. The standard InChI is InChI=1S/C29H35N3O2/c1-22-10-12-23(13-11-22)21-32-17-14-25(15-18-32)28(20-24-7-6-8-26(19-24)34-3)31(2)29(33)27-9-4-5-16-30-27/h4-13,16,19,25,28H,14-15,17-18,20-21H2,1-3H3/t28-/m1/s1. The second kappa shape index (κ2) is 11.3. The maximum atomic E-state index is 13.3. The van der Waals surface area contributed by atoms with E-state index in [2.05, 4.69) is 53.2 Å². The number of piperidine rings is 1. The fourth-order valence-electron chi connectivity index (χ4n) is 4.93. The van der Waals surface area contributed by atoms with Gasteiger partial charge < -0.3 is 9.64 Å². The van der Waals surface area contributed by atoms with E-state index >= 15 is 0 Å². The molecule has 5 nitrogen and oxygen atoms in total. The maximum absolute atomic E-state index is 13.3. The predicted octanol–water partition coefficient (Wildman–Crippen LogP) is 4.99. The highest BCUT2D eigenvalue weighted by atomic mass is 16.5. The number of likely N-dealkylation sites (N-methyl/N-ethyl adjacent to an activating group) is 1. The van der Waals surface area contributed by atoms with Gasteiger partial charge in [-0.2, -0.15) is 0 Å². The average Bonchev–Trinajstić information content (AvgIpc) is 2.89. The second-order valence-electron chi connectivity index (χ2n) is 9.35. The van der Waals surface area contributed by atoms with Crippen LogP contribution >= 0.6 is 0 Å². The number of likely N-dealkylation sites (tertiary alicyclic amines) is 1. The minimum atomic E-state index is -0.0180.